The normalized spacial score (nSPS) is 15.1. The first-order chi connectivity index (χ1) is 16.5. The van der Waals surface area contributed by atoms with Gasteiger partial charge in [0.05, 0.1) is 19.8 Å². The maximum Gasteiger partial charge on any atom is 0.273 e. The predicted octanol–water partition coefficient (Wildman–Crippen LogP) is 4.14. The van der Waals surface area contributed by atoms with Crippen LogP contribution in [0, 0.1) is 5.92 Å². The highest BCUT2D eigenvalue weighted by molar-refractivity contribution is 6.00. The lowest BCUT2D eigenvalue weighted by molar-refractivity contribution is 0.0732. The van der Waals surface area contributed by atoms with Crippen molar-refractivity contribution in [2.75, 3.05) is 26.9 Å². The number of hydrogen-bond donors (Lipinski definition) is 3. The summed E-state index contributed by atoms with van der Waals surface area (Å²) < 4.78 is 11.6. The zero-order valence-electron chi connectivity index (χ0n) is 19.7. The number of amides is 1. The molecule has 0 aliphatic carbocycles. The molecule has 3 aromatic rings. The topological polar surface area (TPSA) is 108 Å². The Bertz CT molecular complexity index is 1160. The van der Waals surface area contributed by atoms with E-state index in [0.717, 1.165) is 12.0 Å². The number of para-hydroxylation sites is 1. The van der Waals surface area contributed by atoms with Crippen molar-refractivity contribution in [3.8, 4) is 28.5 Å². The summed E-state index contributed by atoms with van der Waals surface area (Å²) in [7, 11) is 1.59. The van der Waals surface area contributed by atoms with Crippen molar-refractivity contribution in [3.05, 3.63) is 59.3 Å². The Morgan fingerprint density at radius 1 is 1.18 bits per heavy atom. The molecule has 0 fully saturated rings. The number of fused-ring (bicyclic) bond motifs is 1. The molecule has 0 saturated heterocycles. The second-order valence-corrected chi connectivity index (χ2v) is 8.80. The maximum atomic E-state index is 13.3. The fraction of sp³-hybridized carbons (Fsp3) is 0.385. The molecule has 1 aromatic heterocycles. The molecular formula is C26H31N3O5. The number of phenolic OH excluding ortho intramolecular Hbond substituents is 1. The number of aliphatic hydroxyl groups excluding tert-OH is 1. The Morgan fingerprint density at radius 2 is 1.97 bits per heavy atom. The molecule has 180 valence electrons. The van der Waals surface area contributed by atoms with Gasteiger partial charge in [0.15, 0.2) is 11.5 Å². The molecule has 0 radical (unpaired) electrons. The van der Waals surface area contributed by atoms with Crippen LogP contribution < -0.4 is 9.47 Å². The molecule has 1 aliphatic heterocycles. The van der Waals surface area contributed by atoms with Gasteiger partial charge in [-0.25, -0.2) is 0 Å². The molecule has 0 saturated carbocycles. The number of phenols is 1. The van der Waals surface area contributed by atoms with Crippen molar-refractivity contribution in [3.63, 3.8) is 0 Å². The number of ether oxygens (including phenoxy) is 2. The molecule has 8 nitrogen and oxygen atoms in total. The van der Waals surface area contributed by atoms with E-state index in [1.807, 2.05) is 24.3 Å². The minimum Gasteiger partial charge on any atom is -0.507 e. The number of rotatable bonds is 10. The van der Waals surface area contributed by atoms with Crippen LogP contribution in [0.15, 0.2) is 42.5 Å². The van der Waals surface area contributed by atoms with Crippen molar-refractivity contribution >= 4 is 5.91 Å². The molecule has 0 bridgehead atoms. The Balaban J connectivity index is 1.77. The van der Waals surface area contributed by atoms with Gasteiger partial charge >= 0.3 is 0 Å². The van der Waals surface area contributed by atoms with Crippen LogP contribution >= 0.6 is 0 Å². The van der Waals surface area contributed by atoms with Crippen molar-refractivity contribution in [2.45, 2.75) is 32.7 Å². The molecule has 8 heteroatoms. The molecule has 34 heavy (non-hydrogen) atoms. The van der Waals surface area contributed by atoms with Gasteiger partial charge in [0.1, 0.15) is 17.1 Å². The number of aromatic hydroxyl groups is 1. The van der Waals surface area contributed by atoms with Crippen LogP contribution in [0.1, 0.15) is 54.3 Å². The molecule has 3 N–H and O–H groups in total. The summed E-state index contributed by atoms with van der Waals surface area (Å²) >= 11 is 0. The lowest BCUT2D eigenvalue weighted by Gasteiger charge is -2.27. The minimum absolute atomic E-state index is 0.0268. The Morgan fingerprint density at radius 3 is 2.68 bits per heavy atom. The van der Waals surface area contributed by atoms with Crippen LogP contribution in [0.25, 0.3) is 11.3 Å². The average Bonchev–Trinajstić information content (AvgIpc) is 3.37. The number of aromatic nitrogens is 2. The third-order valence-corrected chi connectivity index (χ3v) is 6.04. The molecule has 2 aromatic carbocycles. The molecule has 2 heterocycles. The number of aliphatic hydroxyl groups is 1. The Hall–Kier alpha value is -3.52. The molecule has 1 amide bonds. The molecule has 1 atom stereocenters. The first kappa shape index (κ1) is 23.6. The fourth-order valence-electron chi connectivity index (χ4n) is 4.27. The monoisotopic (exact) mass is 465 g/mol. The van der Waals surface area contributed by atoms with Gasteiger partial charge in [-0.3, -0.25) is 9.89 Å². The zero-order valence-corrected chi connectivity index (χ0v) is 19.7. The first-order valence-corrected chi connectivity index (χ1v) is 11.6. The summed E-state index contributed by atoms with van der Waals surface area (Å²) in [5.41, 5.74) is 2.98. The van der Waals surface area contributed by atoms with E-state index in [1.165, 1.54) is 0 Å². The van der Waals surface area contributed by atoms with Crippen LogP contribution in [0.5, 0.6) is 17.2 Å². The van der Waals surface area contributed by atoms with Crippen LogP contribution in [0.3, 0.4) is 0 Å². The number of carbonyl (C=O) groups excluding carboxylic acids is 1. The third-order valence-electron chi connectivity index (χ3n) is 6.04. The Labute approximate surface area is 199 Å². The van der Waals surface area contributed by atoms with Gasteiger partial charge in [-0.15, -0.1) is 0 Å². The van der Waals surface area contributed by atoms with Crippen molar-refractivity contribution in [1.82, 2.24) is 15.1 Å². The van der Waals surface area contributed by atoms with E-state index in [-0.39, 0.29) is 18.3 Å². The largest absolute Gasteiger partial charge is 0.507 e. The van der Waals surface area contributed by atoms with Gasteiger partial charge in [-0.2, -0.15) is 5.10 Å². The second kappa shape index (κ2) is 10.2. The van der Waals surface area contributed by atoms with Crippen LogP contribution in [0.4, 0.5) is 0 Å². The van der Waals surface area contributed by atoms with Gasteiger partial charge in [0.25, 0.3) is 5.91 Å². The standard InChI is InChI=1S/C26H31N3O5/c1-16(2)11-14-34-20-10-9-17(15-21(20)33-3)25-22-23(18-7-4-5-8-19(18)31)27-28-24(22)26(32)29(25)12-6-13-30/h4-5,7-10,15-16,25,30-31H,6,11-14H2,1-3H3,(H,27,28)/t25-/m0/s1. The maximum absolute atomic E-state index is 13.3. The number of nitrogens with zero attached hydrogens (tertiary/aromatic N) is 2. The van der Waals surface area contributed by atoms with E-state index < -0.39 is 6.04 Å². The highest BCUT2D eigenvalue weighted by atomic mass is 16.5. The number of methoxy groups -OCH3 is 1. The molecule has 0 spiro atoms. The Kier molecular flexibility index (Phi) is 7.07. The fourth-order valence-corrected chi connectivity index (χ4v) is 4.27. The second-order valence-electron chi connectivity index (χ2n) is 8.80. The van der Waals surface area contributed by atoms with E-state index in [0.29, 0.717) is 59.5 Å². The third kappa shape index (κ3) is 4.46. The van der Waals surface area contributed by atoms with E-state index in [9.17, 15) is 15.0 Å². The van der Waals surface area contributed by atoms with Crippen molar-refractivity contribution in [1.29, 1.82) is 0 Å². The lowest BCUT2D eigenvalue weighted by atomic mass is 9.95. The summed E-state index contributed by atoms with van der Waals surface area (Å²) in [5, 5.41) is 27.1. The zero-order chi connectivity index (χ0) is 24.2. The summed E-state index contributed by atoms with van der Waals surface area (Å²) in [5.74, 6) is 1.65. The predicted molar refractivity (Wildman–Crippen MR) is 128 cm³/mol. The SMILES string of the molecule is COc1cc([C@H]2c3c(-c4ccccc4O)n[nH]c3C(=O)N2CCCO)ccc1OCCC(C)C. The smallest absolute Gasteiger partial charge is 0.273 e. The number of nitrogens with one attached hydrogen (secondary N) is 1. The molecule has 1 aliphatic rings. The quantitative estimate of drug-likeness (QED) is 0.415. The van der Waals surface area contributed by atoms with Crippen LogP contribution in [-0.2, 0) is 0 Å². The van der Waals surface area contributed by atoms with Crippen molar-refractivity contribution < 1.29 is 24.5 Å². The van der Waals surface area contributed by atoms with Gasteiger partial charge in [0.2, 0.25) is 0 Å². The molecule has 0 unspecified atom stereocenters. The molecular weight excluding hydrogens is 434 g/mol. The summed E-state index contributed by atoms with van der Waals surface area (Å²) in [6.07, 6.45) is 1.37. The highest BCUT2D eigenvalue weighted by Crippen LogP contribution is 2.45. The van der Waals surface area contributed by atoms with Gasteiger partial charge in [-0.1, -0.05) is 32.0 Å². The number of H-pyrrole nitrogens is 1. The molecule has 4 rings (SSSR count). The van der Waals surface area contributed by atoms with E-state index in [2.05, 4.69) is 24.0 Å². The van der Waals surface area contributed by atoms with Gasteiger partial charge in [-0.05, 0) is 48.6 Å². The number of benzene rings is 2. The van der Waals surface area contributed by atoms with E-state index in [1.54, 1.807) is 30.2 Å². The van der Waals surface area contributed by atoms with Crippen LogP contribution in [0.2, 0.25) is 0 Å². The van der Waals surface area contributed by atoms with Gasteiger partial charge < -0.3 is 24.6 Å². The van der Waals surface area contributed by atoms with Crippen molar-refractivity contribution in [2.24, 2.45) is 5.92 Å². The number of aromatic amines is 1. The van der Waals surface area contributed by atoms with Gasteiger partial charge in [0, 0.05) is 24.3 Å². The van der Waals surface area contributed by atoms with E-state index in [4.69, 9.17) is 9.47 Å². The average molecular weight is 466 g/mol. The summed E-state index contributed by atoms with van der Waals surface area (Å²) in [6, 6.07) is 12.1. The number of carbonyl (C=O) groups is 1. The lowest BCUT2D eigenvalue weighted by Crippen LogP contribution is -2.31. The highest BCUT2D eigenvalue weighted by Gasteiger charge is 2.42. The number of hydrogen-bond acceptors (Lipinski definition) is 6. The summed E-state index contributed by atoms with van der Waals surface area (Å²) in [4.78, 5) is 15.0. The van der Waals surface area contributed by atoms with Crippen LogP contribution in [-0.4, -0.2) is 58.1 Å². The van der Waals surface area contributed by atoms with E-state index >= 15 is 0 Å². The minimum atomic E-state index is -0.457. The first-order valence-electron chi connectivity index (χ1n) is 11.6. The summed E-state index contributed by atoms with van der Waals surface area (Å²) in [6.45, 7) is 5.22.